The fraction of sp³-hybridized carbons (Fsp3) is 0.450. The molecular formula is C20H19ClF6N2O. The molecule has 2 aliphatic rings. The molecule has 0 radical (unpaired) electrons. The summed E-state index contributed by atoms with van der Waals surface area (Å²) in [5, 5.41) is 5.61. The number of carbonyl (C=O) groups excluding carboxylic acids is 1. The summed E-state index contributed by atoms with van der Waals surface area (Å²) in [6.07, 6.45) is -7.11. The van der Waals surface area contributed by atoms with Crippen molar-refractivity contribution >= 4 is 23.0 Å². The van der Waals surface area contributed by atoms with Crippen molar-refractivity contribution < 1.29 is 31.1 Å². The maximum absolute atomic E-state index is 12.8. The first-order valence-corrected chi connectivity index (χ1v) is 9.64. The molecule has 0 aromatic heterocycles. The van der Waals surface area contributed by atoms with Crippen molar-refractivity contribution in [2.75, 3.05) is 13.1 Å². The number of alkyl halides is 6. The van der Waals surface area contributed by atoms with Gasteiger partial charge in [-0.25, -0.2) is 0 Å². The fourth-order valence-corrected chi connectivity index (χ4v) is 4.19. The molecule has 1 aromatic rings. The van der Waals surface area contributed by atoms with Gasteiger partial charge >= 0.3 is 12.4 Å². The molecule has 1 fully saturated rings. The molecule has 164 valence electrons. The Morgan fingerprint density at radius 2 is 1.93 bits per heavy atom. The van der Waals surface area contributed by atoms with E-state index in [4.69, 9.17) is 11.6 Å². The quantitative estimate of drug-likeness (QED) is 0.622. The van der Waals surface area contributed by atoms with Gasteiger partial charge < -0.3 is 10.6 Å². The number of hydrogen-bond donors (Lipinski definition) is 2. The zero-order chi connectivity index (χ0) is 22.1. The second-order valence-electron chi connectivity index (χ2n) is 7.43. The smallest absolute Gasteiger partial charge is 0.387 e. The maximum Gasteiger partial charge on any atom is 0.450 e. The average molecular weight is 453 g/mol. The predicted octanol–water partition coefficient (Wildman–Crippen LogP) is 4.93. The molecule has 0 spiro atoms. The van der Waals surface area contributed by atoms with E-state index in [-0.39, 0.29) is 25.4 Å². The van der Waals surface area contributed by atoms with E-state index in [0.29, 0.717) is 33.9 Å². The van der Waals surface area contributed by atoms with Crippen LogP contribution >= 0.6 is 11.6 Å². The van der Waals surface area contributed by atoms with E-state index in [0.717, 1.165) is 0 Å². The van der Waals surface area contributed by atoms with Crippen molar-refractivity contribution in [3.63, 3.8) is 0 Å². The number of nitrogens with one attached hydrogen (secondary N) is 2. The van der Waals surface area contributed by atoms with Crippen LogP contribution in [0.3, 0.4) is 0 Å². The summed E-state index contributed by atoms with van der Waals surface area (Å²) in [6, 6.07) is 6.76. The summed E-state index contributed by atoms with van der Waals surface area (Å²) in [5.41, 5.74) is 2.47. The van der Waals surface area contributed by atoms with Gasteiger partial charge in [0.05, 0.1) is 6.54 Å². The second kappa shape index (κ2) is 8.63. The maximum atomic E-state index is 12.8. The van der Waals surface area contributed by atoms with Gasteiger partial charge in [0.25, 0.3) is 0 Å². The minimum atomic E-state index is -4.90. The molecule has 2 N–H and O–H groups in total. The van der Waals surface area contributed by atoms with Crippen LogP contribution in [0.4, 0.5) is 26.3 Å². The molecule has 1 aliphatic carbocycles. The van der Waals surface area contributed by atoms with E-state index in [2.05, 4.69) is 10.6 Å². The van der Waals surface area contributed by atoms with E-state index in [9.17, 15) is 31.1 Å². The van der Waals surface area contributed by atoms with Crippen molar-refractivity contribution in [1.29, 1.82) is 0 Å². The van der Waals surface area contributed by atoms with E-state index in [1.54, 1.807) is 30.3 Å². The van der Waals surface area contributed by atoms with Crippen LogP contribution in [-0.4, -0.2) is 31.2 Å². The second-order valence-corrected chi connectivity index (χ2v) is 7.83. The third-order valence-electron chi connectivity index (χ3n) is 5.06. The zero-order valence-corrected chi connectivity index (χ0v) is 16.4. The Balaban J connectivity index is 1.81. The standard InChI is InChI=1S/C20H19ClF6N2O/c21-15-6-12-5-14(18(30)20(25,26)27)9-29-16(7-12)17(15)13-3-1-2-11(4-13)8-28-10-19(22,23)24/h1-4,6,12,14,28-29H,5,7-10H2. The number of allylic oxidation sites excluding steroid dienone is 4. The summed E-state index contributed by atoms with van der Waals surface area (Å²) in [6.45, 7) is -1.28. The van der Waals surface area contributed by atoms with Crippen LogP contribution in [-0.2, 0) is 11.3 Å². The molecule has 2 atom stereocenters. The summed E-state index contributed by atoms with van der Waals surface area (Å²) < 4.78 is 75.5. The molecular weight excluding hydrogens is 434 g/mol. The SMILES string of the molecule is O=C(C1CNC2=C(c3cccc(CNCC(F)(F)F)c3)C(Cl)=CC(C2)C1)C(F)(F)F. The monoisotopic (exact) mass is 452 g/mol. The van der Waals surface area contributed by atoms with Crippen LogP contribution in [0.5, 0.6) is 0 Å². The van der Waals surface area contributed by atoms with Gasteiger partial charge in [0, 0.05) is 35.3 Å². The Morgan fingerprint density at radius 1 is 1.20 bits per heavy atom. The molecule has 1 aliphatic heterocycles. The molecule has 10 heteroatoms. The Kier molecular flexibility index (Phi) is 6.52. The molecule has 3 nitrogen and oxygen atoms in total. The highest BCUT2D eigenvalue weighted by atomic mass is 35.5. The van der Waals surface area contributed by atoms with E-state index >= 15 is 0 Å². The summed E-state index contributed by atoms with van der Waals surface area (Å²) in [5.74, 6) is -3.27. The lowest BCUT2D eigenvalue weighted by atomic mass is 9.85. The number of Topliss-reactive ketones (excluding diaryl/α,β-unsaturated/α-hetero) is 1. The van der Waals surface area contributed by atoms with Crippen LogP contribution < -0.4 is 10.6 Å². The van der Waals surface area contributed by atoms with Gasteiger partial charge in [0.1, 0.15) is 0 Å². The summed E-state index contributed by atoms with van der Waals surface area (Å²) in [4.78, 5) is 11.7. The third-order valence-corrected chi connectivity index (χ3v) is 5.37. The number of hydrogen-bond acceptors (Lipinski definition) is 3. The number of ketones is 1. The summed E-state index contributed by atoms with van der Waals surface area (Å²) in [7, 11) is 0. The molecule has 1 heterocycles. The largest absolute Gasteiger partial charge is 0.450 e. The fourth-order valence-electron chi connectivity index (χ4n) is 3.79. The van der Waals surface area contributed by atoms with Crippen molar-refractivity contribution in [3.05, 3.63) is 52.2 Å². The number of rotatable bonds is 5. The van der Waals surface area contributed by atoms with E-state index in [1.807, 2.05) is 0 Å². The predicted molar refractivity (Wildman–Crippen MR) is 100 cm³/mol. The molecule has 1 saturated heterocycles. The highest BCUT2D eigenvalue weighted by molar-refractivity contribution is 6.37. The Morgan fingerprint density at radius 3 is 2.60 bits per heavy atom. The minimum absolute atomic E-state index is 0.00446. The molecule has 2 bridgehead atoms. The van der Waals surface area contributed by atoms with Crippen LogP contribution in [0.15, 0.2) is 41.1 Å². The number of halogens is 7. The zero-order valence-electron chi connectivity index (χ0n) is 15.6. The van der Waals surface area contributed by atoms with Crippen LogP contribution in [0, 0.1) is 11.8 Å². The number of carbonyl (C=O) groups is 1. The van der Waals surface area contributed by atoms with Gasteiger partial charge in [-0.15, -0.1) is 0 Å². The molecule has 0 saturated carbocycles. The van der Waals surface area contributed by atoms with Crippen LogP contribution in [0.25, 0.3) is 5.57 Å². The molecule has 3 rings (SSSR count). The van der Waals surface area contributed by atoms with Crippen LogP contribution in [0.1, 0.15) is 24.0 Å². The Hall–Kier alpha value is -2.00. The van der Waals surface area contributed by atoms with Gasteiger partial charge in [-0.1, -0.05) is 35.9 Å². The Labute approximate surface area is 174 Å². The summed E-state index contributed by atoms with van der Waals surface area (Å²) >= 11 is 6.42. The van der Waals surface area contributed by atoms with Crippen molar-refractivity contribution in [1.82, 2.24) is 10.6 Å². The van der Waals surface area contributed by atoms with Crippen molar-refractivity contribution in [2.24, 2.45) is 11.8 Å². The normalized spacial score (nSPS) is 22.3. The first-order valence-electron chi connectivity index (χ1n) is 9.26. The van der Waals surface area contributed by atoms with Gasteiger partial charge in [-0.2, -0.15) is 26.3 Å². The van der Waals surface area contributed by atoms with Gasteiger partial charge in [0.15, 0.2) is 0 Å². The lowest BCUT2D eigenvalue weighted by Crippen LogP contribution is -2.35. The van der Waals surface area contributed by atoms with E-state index < -0.39 is 30.6 Å². The number of fused-ring (bicyclic) bond motifs is 2. The number of benzene rings is 1. The first-order chi connectivity index (χ1) is 13.9. The average Bonchev–Trinajstić information content (AvgIpc) is 2.79. The third kappa shape index (κ3) is 5.57. The molecule has 0 amide bonds. The highest BCUT2D eigenvalue weighted by Crippen LogP contribution is 2.41. The van der Waals surface area contributed by atoms with Gasteiger partial charge in [-0.3, -0.25) is 4.79 Å². The van der Waals surface area contributed by atoms with Gasteiger partial charge in [0.2, 0.25) is 5.78 Å². The van der Waals surface area contributed by atoms with Crippen molar-refractivity contribution in [2.45, 2.75) is 31.7 Å². The topological polar surface area (TPSA) is 41.1 Å². The van der Waals surface area contributed by atoms with Crippen molar-refractivity contribution in [3.8, 4) is 0 Å². The molecule has 2 unspecified atom stereocenters. The highest BCUT2D eigenvalue weighted by Gasteiger charge is 2.44. The molecule has 1 aromatic carbocycles. The van der Waals surface area contributed by atoms with Gasteiger partial charge in [-0.05, 0) is 36.0 Å². The minimum Gasteiger partial charge on any atom is -0.387 e. The first kappa shape index (κ1) is 22.7. The van der Waals surface area contributed by atoms with E-state index in [1.165, 1.54) is 0 Å². The molecule has 30 heavy (non-hydrogen) atoms. The Bertz CT molecular complexity index is 875. The lowest BCUT2D eigenvalue weighted by molar-refractivity contribution is -0.175. The van der Waals surface area contributed by atoms with Crippen LogP contribution in [0.2, 0.25) is 0 Å². The lowest BCUT2D eigenvalue weighted by Gasteiger charge is -2.23.